The first-order valence-electron chi connectivity index (χ1n) is 5.47. The van der Waals surface area contributed by atoms with E-state index in [2.05, 4.69) is 31.5 Å². The lowest BCUT2D eigenvalue weighted by Crippen LogP contribution is -2.30. The highest BCUT2D eigenvalue weighted by Crippen LogP contribution is 2.24. The van der Waals surface area contributed by atoms with Gasteiger partial charge in [0, 0.05) is 5.25 Å². The van der Waals surface area contributed by atoms with Crippen LogP contribution in [0.15, 0.2) is 9.98 Å². The molecule has 94 valence electrons. The van der Waals surface area contributed by atoms with Crippen molar-refractivity contribution in [2.75, 3.05) is 24.2 Å². The summed E-state index contributed by atoms with van der Waals surface area (Å²) in [4.78, 5) is 15.7. The quantitative estimate of drug-likeness (QED) is 0.886. The summed E-state index contributed by atoms with van der Waals surface area (Å²) in [6.07, 6.45) is 4.00. The molecule has 4 nitrogen and oxygen atoms in total. The minimum atomic E-state index is 0.0374. The van der Waals surface area contributed by atoms with Crippen LogP contribution >= 0.6 is 39.0 Å². The van der Waals surface area contributed by atoms with Crippen molar-refractivity contribution in [1.29, 1.82) is 0 Å². The highest BCUT2D eigenvalue weighted by Gasteiger charge is 2.15. The van der Waals surface area contributed by atoms with E-state index in [1.807, 2.05) is 0 Å². The molecule has 0 spiro atoms. The van der Waals surface area contributed by atoms with Gasteiger partial charge in [0.2, 0.25) is 5.91 Å². The van der Waals surface area contributed by atoms with E-state index in [0.29, 0.717) is 16.1 Å². The maximum absolute atomic E-state index is 11.7. The summed E-state index contributed by atoms with van der Waals surface area (Å²) in [5, 5.41) is 7.40. The van der Waals surface area contributed by atoms with Crippen LogP contribution in [0.1, 0.15) is 12.8 Å². The molecular formula is C10H14BrN3OS2. The minimum Gasteiger partial charge on any atom is -0.317 e. The molecule has 2 rings (SSSR count). The van der Waals surface area contributed by atoms with Gasteiger partial charge in [0.15, 0.2) is 5.13 Å². The van der Waals surface area contributed by atoms with Crippen molar-refractivity contribution in [3.05, 3.63) is 9.98 Å². The molecule has 1 aromatic rings. The fourth-order valence-corrected chi connectivity index (χ4v) is 3.77. The van der Waals surface area contributed by atoms with E-state index in [1.54, 1.807) is 18.0 Å². The highest BCUT2D eigenvalue weighted by molar-refractivity contribution is 9.11. The largest absolute Gasteiger partial charge is 0.317 e. The standard InChI is InChI=1S/C10H14BrN3OS2/c11-8-5-13-10(17-8)14-9(15)6-16-7-1-3-12-4-2-7/h5,7,12H,1-4,6H2,(H,13,14,15). The van der Waals surface area contributed by atoms with Crippen LogP contribution in [0.2, 0.25) is 0 Å². The molecule has 0 radical (unpaired) electrons. The van der Waals surface area contributed by atoms with E-state index in [9.17, 15) is 4.79 Å². The number of halogens is 1. The smallest absolute Gasteiger partial charge is 0.236 e. The van der Waals surface area contributed by atoms with Crippen molar-refractivity contribution >= 4 is 50.1 Å². The number of anilines is 1. The van der Waals surface area contributed by atoms with Crippen LogP contribution in [0, 0.1) is 0 Å². The first-order valence-corrected chi connectivity index (χ1v) is 8.13. The Morgan fingerprint density at radius 1 is 1.65 bits per heavy atom. The third kappa shape index (κ3) is 4.57. The van der Waals surface area contributed by atoms with E-state index >= 15 is 0 Å². The molecule has 1 aliphatic rings. The van der Waals surface area contributed by atoms with Gasteiger partial charge in [-0.2, -0.15) is 0 Å². The lowest BCUT2D eigenvalue weighted by molar-refractivity contribution is -0.113. The Kier molecular flexibility index (Phi) is 5.27. The van der Waals surface area contributed by atoms with Crippen molar-refractivity contribution in [1.82, 2.24) is 10.3 Å². The minimum absolute atomic E-state index is 0.0374. The van der Waals surface area contributed by atoms with Crippen molar-refractivity contribution in [2.24, 2.45) is 0 Å². The van der Waals surface area contributed by atoms with Gasteiger partial charge in [-0.1, -0.05) is 11.3 Å². The first-order chi connectivity index (χ1) is 8.24. The molecule has 0 aromatic carbocycles. The fourth-order valence-electron chi connectivity index (χ4n) is 1.62. The van der Waals surface area contributed by atoms with E-state index in [-0.39, 0.29) is 5.91 Å². The van der Waals surface area contributed by atoms with Crippen molar-refractivity contribution in [2.45, 2.75) is 18.1 Å². The van der Waals surface area contributed by atoms with Gasteiger partial charge in [0.25, 0.3) is 0 Å². The molecule has 0 saturated carbocycles. The average Bonchev–Trinajstić information content (AvgIpc) is 2.73. The SMILES string of the molecule is O=C(CSC1CCNCC1)Nc1ncc(Br)s1. The summed E-state index contributed by atoms with van der Waals surface area (Å²) in [5.74, 6) is 0.553. The van der Waals surface area contributed by atoms with Crippen LogP contribution in [-0.4, -0.2) is 35.0 Å². The van der Waals surface area contributed by atoms with Gasteiger partial charge < -0.3 is 10.6 Å². The summed E-state index contributed by atoms with van der Waals surface area (Å²) >= 11 is 6.49. The second kappa shape index (κ2) is 6.72. The predicted molar refractivity (Wildman–Crippen MR) is 76.8 cm³/mol. The number of nitrogens with one attached hydrogen (secondary N) is 2. The van der Waals surface area contributed by atoms with Crippen LogP contribution in [0.4, 0.5) is 5.13 Å². The Morgan fingerprint density at radius 3 is 3.06 bits per heavy atom. The number of hydrogen-bond acceptors (Lipinski definition) is 5. The van der Waals surface area contributed by atoms with Crippen LogP contribution in [0.5, 0.6) is 0 Å². The fraction of sp³-hybridized carbons (Fsp3) is 0.600. The molecule has 1 aromatic heterocycles. The van der Waals surface area contributed by atoms with Gasteiger partial charge in [-0.05, 0) is 41.9 Å². The van der Waals surface area contributed by atoms with E-state index in [1.165, 1.54) is 11.3 Å². The van der Waals surface area contributed by atoms with Crippen LogP contribution < -0.4 is 10.6 Å². The zero-order valence-electron chi connectivity index (χ0n) is 9.24. The second-order valence-electron chi connectivity index (χ2n) is 3.78. The lowest BCUT2D eigenvalue weighted by atomic mass is 10.2. The predicted octanol–water partition coefficient (Wildman–Crippen LogP) is 2.33. The van der Waals surface area contributed by atoms with Crippen molar-refractivity contribution in [3.8, 4) is 0 Å². The van der Waals surface area contributed by atoms with Crippen LogP contribution in [0.25, 0.3) is 0 Å². The number of hydrogen-bond donors (Lipinski definition) is 2. The summed E-state index contributed by atoms with van der Waals surface area (Å²) in [7, 11) is 0. The summed E-state index contributed by atoms with van der Waals surface area (Å²) in [6, 6.07) is 0. The van der Waals surface area contributed by atoms with Crippen LogP contribution in [-0.2, 0) is 4.79 Å². The van der Waals surface area contributed by atoms with E-state index in [4.69, 9.17) is 0 Å². The second-order valence-corrected chi connectivity index (χ2v) is 7.48. The van der Waals surface area contributed by atoms with E-state index < -0.39 is 0 Å². The topological polar surface area (TPSA) is 54.0 Å². The number of carbonyl (C=O) groups excluding carboxylic acids is 1. The molecule has 0 unspecified atom stereocenters. The molecule has 1 amide bonds. The number of thioether (sulfide) groups is 1. The molecule has 2 heterocycles. The normalized spacial score (nSPS) is 17.0. The number of piperidine rings is 1. The summed E-state index contributed by atoms with van der Waals surface area (Å²) in [6.45, 7) is 2.14. The highest BCUT2D eigenvalue weighted by atomic mass is 79.9. The third-order valence-electron chi connectivity index (χ3n) is 2.46. The molecule has 7 heteroatoms. The lowest BCUT2D eigenvalue weighted by Gasteiger charge is -2.21. The molecule has 2 N–H and O–H groups in total. The van der Waals surface area contributed by atoms with Crippen molar-refractivity contribution < 1.29 is 4.79 Å². The molecular weight excluding hydrogens is 322 g/mol. The number of amides is 1. The number of nitrogens with zero attached hydrogens (tertiary/aromatic N) is 1. The number of aromatic nitrogens is 1. The Labute approximate surface area is 117 Å². The monoisotopic (exact) mass is 335 g/mol. The third-order valence-corrected chi connectivity index (χ3v) is 5.22. The molecule has 0 aliphatic carbocycles. The molecule has 0 bridgehead atoms. The Morgan fingerprint density at radius 2 is 2.41 bits per heavy atom. The molecule has 1 fully saturated rings. The van der Waals surface area contributed by atoms with Gasteiger partial charge in [-0.15, -0.1) is 11.8 Å². The number of carbonyl (C=O) groups is 1. The van der Waals surface area contributed by atoms with Gasteiger partial charge in [0.05, 0.1) is 15.7 Å². The van der Waals surface area contributed by atoms with E-state index in [0.717, 1.165) is 29.7 Å². The molecule has 17 heavy (non-hydrogen) atoms. The van der Waals surface area contributed by atoms with Gasteiger partial charge >= 0.3 is 0 Å². The Bertz CT molecular complexity index is 379. The molecule has 1 saturated heterocycles. The van der Waals surface area contributed by atoms with Crippen LogP contribution in [0.3, 0.4) is 0 Å². The van der Waals surface area contributed by atoms with Crippen molar-refractivity contribution in [3.63, 3.8) is 0 Å². The molecule has 0 atom stereocenters. The zero-order valence-corrected chi connectivity index (χ0v) is 12.5. The summed E-state index contributed by atoms with van der Waals surface area (Å²) in [5.41, 5.74) is 0. The number of rotatable bonds is 4. The average molecular weight is 336 g/mol. The van der Waals surface area contributed by atoms with Gasteiger partial charge in [-0.25, -0.2) is 4.98 Å². The summed E-state index contributed by atoms with van der Waals surface area (Å²) < 4.78 is 0.929. The number of thiazole rings is 1. The first kappa shape index (κ1) is 13.3. The van der Waals surface area contributed by atoms with Gasteiger partial charge in [-0.3, -0.25) is 4.79 Å². The Hall–Kier alpha value is -0.110. The zero-order chi connectivity index (χ0) is 12.1. The van der Waals surface area contributed by atoms with Gasteiger partial charge in [0.1, 0.15) is 0 Å². The molecule has 1 aliphatic heterocycles. The Balaban J connectivity index is 1.70. The maximum Gasteiger partial charge on any atom is 0.236 e. The maximum atomic E-state index is 11.7.